The molecule has 0 saturated heterocycles. The predicted octanol–water partition coefficient (Wildman–Crippen LogP) is 1.89. The van der Waals surface area contributed by atoms with Crippen molar-refractivity contribution in [2.75, 3.05) is 5.75 Å². The van der Waals surface area contributed by atoms with E-state index in [4.69, 9.17) is 0 Å². The normalized spacial score (nSPS) is 11.4. The second-order valence-electron chi connectivity index (χ2n) is 4.30. The molecule has 20 heavy (non-hydrogen) atoms. The maximum Gasteiger partial charge on any atom is 0.211 e. The van der Waals surface area contributed by atoms with E-state index in [1.54, 1.807) is 43.6 Å². The van der Waals surface area contributed by atoms with Crippen LogP contribution in [0.5, 0.6) is 5.75 Å². The van der Waals surface area contributed by atoms with Gasteiger partial charge in [0.15, 0.2) is 0 Å². The summed E-state index contributed by atoms with van der Waals surface area (Å²) in [6.07, 6.45) is 3.29. The molecule has 0 unspecified atom stereocenters. The van der Waals surface area contributed by atoms with Crippen molar-refractivity contribution in [3.05, 3.63) is 48.3 Å². The van der Waals surface area contributed by atoms with Gasteiger partial charge in [-0.25, -0.2) is 13.1 Å². The summed E-state index contributed by atoms with van der Waals surface area (Å²) in [4.78, 5) is 4.03. The number of pyridine rings is 1. The van der Waals surface area contributed by atoms with E-state index >= 15 is 0 Å². The molecule has 1 aromatic heterocycles. The van der Waals surface area contributed by atoms with Gasteiger partial charge in [0.05, 0.1) is 5.75 Å². The fourth-order valence-electron chi connectivity index (χ4n) is 1.78. The molecule has 0 aliphatic heterocycles. The number of nitrogens with zero attached hydrogens (tertiary/aromatic N) is 1. The van der Waals surface area contributed by atoms with Gasteiger partial charge in [0, 0.05) is 18.9 Å². The van der Waals surface area contributed by atoms with Gasteiger partial charge in [-0.15, -0.1) is 0 Å². The van der Waals surface area contributed by atoms with Crippen LogP contribution in [0.4, 0.5) is 0 Å². The Bertz CT molecular complexity index is 682. The minimum absolute atomic E-state index is 0.0435. The molecule has 6 heteroatoms. The van der Waals surface area contributed by atoms with Gasteiger partial charge in [-0.2, -0.15) is 0 Å². The fraction of sp³-hybridized carbons (Fsp3) is 0.214. The number of aromatic hydroxyl groups is 1. The monoisotopic (exact) mass is 292 g/mol. The van der Waals surface area contributed by atoms with Gasteiger partial charge in [0.25, 0.3) is 0 Å². The van der Waals surface area contributed by atoms with Gasteiger partial charge < -0.3 is 5.11 Å². The molecule has 0 aliphatic rings. The maximum absolute atomic E-state index is 11.5. The molecule has 0 amide bonds. The van der Waals surface area contributed by atoms with Crippen LogP contribution in [0.1, 0.15) is 12.5 Å². The van der Waals surface area contributed by atoms with Crippen molar-refractivity contribution in [2.45, 2.75) is 13.5 Å². The molecule has 1 heterocycles. The summed E-state index contributed by atoms with van der Waals surface area (Å²) in [7, 11) is -3.24. The highest BCUT2D eigenvalue weighted by Crippen LogP contribution is 2.24. The summed E-state index contributed by atoms with van der Waals surface area (Å²) >= 11 is 0. The third kappa shape index (κ3) is 3.55. The number of nitrogens with one attached hydrogen (secondary N) is 1. The summed E-state index contributed by atoms with van der Waals surface area (Å²) in [5, 5.41) is 9.31. The highest BCUT2D eigenvalue weighted by Gasteiger charge is 2.10. The molecular formula is C14H16N2O3S. The quantitative estimate of drug-likeness (QED) is 0.882. The Labute approximate surface area is 118 Å². The van der Waals surface area contributed by atoms with Crippen LogP contribution >= 0.6 is 0 Å². The van der Waals surface area contributed by atoms with Crippen LogP contribution < -0.4 is 4.72 Å². The number of rotatable bonds is 5. The average Bonchev–Trinajstić information content (AvgIpc) is 2.46. The van der Waals surface area contributed by atoms with E-state index in [-0.39, 0.29) is 18.0 Å². The molecule has 1 aromatic carbocycles. The third-order valence-corrected chi connectivity index (χ3v) is 4.29. The summed E-state index contributed by atoms with van der Waals surface area (Å²) in [5.74, 6) is 0.234. The smallest absolute Gasteiger partial charge is 0.211 e. The lowest BCUT2D eigenvalue weighted by Crippen LogP contribution is -2.25. The van der Waals surface area contributed by atoms with E-state index in [0.29, 0.717) is 0 Å². The zero-order valence-electron chi connectivity index (χ0n) is 11.1. The lowest BCUT2D eigenvalue weighted by atomic mass is 10.0. The Balaban J connectivity index is 2.29. The number of hydrogen-bond acceptors (Lipinski definition) is 4. The molecular weight excluding hydrogens is 276 g/mol. The van der Waals surface area contributed by atoms with Gasteiger partial charge in [-0.05, 0) is 41.8 Å². The lowest BCUT2D eigenvalue weighted by Gasteiger charge is -2.10. The van der Waals surface area contributed by atoms with Gasteiger partial charge in [0.1, 0.15) is 5.75 Å². The first-order chi connectivity index (χ1) is 9.52. The van der Waals surface area contributed by atoms with Crippen LogP contribution in [0, 0.1) is 0 Å². The summed E-state index contributed by atoms with van der Waals surface area (Å²) in [5.41, 5.74) is 2.57. The third-order valence-electron chi connectivity index (χ3n) is 2.94. The fourth-order valence-corrected chi connectivity index (χ4v) is 2.36. The average molecular weight is 292 g/mol. The Kier molecular flexibility index (Phi) is 4.36. The van der Waals surface area contributed by atoms with E-state index in [2.05, 4.69) is 9.71 Å². The number of phenols is 1. The lowest BCUT2D eigenvalue weighted by molar-refractivity contribution is 0.475. The summed E-state index contributed by atoms with van der Waals surface area (Å²) < 4.78 is 25.5. The molecule has 2 aromatic rings. The van der Waals surface area contributed by atoms with E-state index < -0.39 is 10.0 Å². The topological polar surface area (TPSA) is 79.3 Å². The summed E-state index contributed by atoms with van der Waals surface area (Å²) in [6, 6.07) is 8.57. The SMILES string of the molecule is CCS(=O)(=O)NCc1cnccc1-c1ccc(O)cc1. The van der Waals surface area contributed by atoms with Crippen molar-refractivity contribution >= 4 is 10.0 Å². The second-order valence-corrected chi connectivity index (χ2v) is 6.40. The molecule has 0 fully saturated rings. The van der Waals surface area contributed by atoms with Gasteiger partial charge in [-0.3, -0.25) is 4.98 Å². The maximum atomic E-state index is 11.5. The first-order valence-corrected chi connectivity index (χ1v) is 7.86. The highest BCUT2D eigenvalue weighted by atomic mass is 32.2. The minimum atomic E-state index is -3.24. The Morgan fingerprint density at radius 2 is 1.90 bits per heavy atom. The van der Waals surface area contributed by atoms with Gasteiger partial charge in [-0.1, -0.05) is 12.1 Å². The van der Waals surface area contributed by atoms with Crippen molar-refractivity contribution < 1.29 is 13.5 Å². The first-order valence-electron chi connectivity index (χ1n) is 6.21. The van der Waals surface area contributed by atoms with Crippen LogP contribution in [-0.4, -0.2) is 24.3 Å². The van der Waals surface area contributed by atoms with Crippen LogP contribution in [0.15, 0.2) is 42.7 Å². The zero-order chi connectivity index (χ0) is 14.6. The molecule has 0 aliphatic carbocycles. The molecule has 0 bridgehead atoms. The predicted molar refractivity (Wildman–Crippen MR) is 77.6 cm³/mol. The van der Waals surface area contributed by atoms with Crippen molar-refractivity contribution in [1.82, 2.24) is 9.71 Å². The number of benzene rings is 1. The number of phenolic OH excluding ortho intramolecular Hbond substituents is 1. The Hall–Kier alpha value is -1.92. The van der Waals surface area contributed by atoms with Crippen LogP contribution in [-0.2, 0) is 16.6 Å². The van der Waals surface area contributed by atoms with Crippen LogP contribution in [0.3, 0.4) is 0 Å². The first kappa shape index (κ1) is 14.5. The van der Waals surface area contributed by atoms with Crippen LogP contribution in [0.25, 0.3) is 11.1 Å². The minimum Gasteiger partial charge on any atom is -0.508 e. The second kappa shape index (κ2) is 6.02. The Morgan fingerprint density at radius 3 is 2.55 bits per heavy atom. The van der Waals surface area contributed by atoms with E-state index in [0.717, 1.165) is 16.7 Å². The molecule has 0 radical (unpaired) electrons. The van der Waals surface area contributed by atoms with E-state index in [1.807, 2.05) is 6.07 Å². The summed E-state index contributed by atoms with van der Waals surface area (Å²) in [6.45, 7) is 1.78. The number of aromatic nitrogens is 1. The zero-order valence-corrected chi connectivity index (χ0v) is 11.9. The molecule has 2 N–H and O–H groups in total. The Morgan fingerprint density at radius 1 is 1.20 bits per heavy atom. The van der Waals surface area contributed by atoms with E-state index in [1.165, 1.54) is 0 Å². The van der Waals surface area contributed by atoms with E-state index in [9.17, 15) is 13.5 Å². The molecule has 106 valence electrons. The van der Waals surface area contributed by atoms with Crippen molar-refractivity contribution in [3.63, 3.8) is 0 Å². The number of sulfonamides is 1. The highest BCUT2D eigenvalue weighted by molar-refractivity contribution is 7.89. The largest absolute Gasteiger partial charge is 0.508 e. The standard InChI is InChI=1S/C14H16N2O3S/c1-2-20(18,19)16-10-12-9-15-8-7-14(12)11-3-5-13(17)6-4-11/h3-9,16-17H,2,10H2,1H3. The van der Waals surface area contributed by atoms with Gasteiger partial charge in [0.2, 0.25) is 10.0 Å². The van der Waals surface area contributed by atoms with Crippen molar-refractivity contribution in [2.24, 2.45) is 0 Å². The van der Waals surface area contributed by atoms with Crippen LogP contribution in [0.2, 0.25) is 0 Å². The van der Waals surface area contributed by atoms with Crippen molar-refractivity contribution in [1.29, 1.82) is 0 Å². The molecule has 5 nitrogen and oxygen atoms in total. The molecule has 2 rings (SSSR count). The number of hydrogen-bond donors (Lipinski definition) is 2. The van der Waals surface area contributed by atoms with Crippen molar-refractivity contribution in [3.8, 4) is 16.9 Å². The molecule has 0 saturated carbocycles. The molecule has 0 spiro atoms. The molecule has 0 atom stereocenters. The van der Waals surface area contributed by atoms with Gasteiger partial charge >= 0.3 is 0 Å².